The molecule has 0 bridgehead atoms. The summed E-state index contributed by atoms with van der Waals surface area (Å²) < 4.78 is 0. The Morgan fingerprint density at radius 3 is 2.40 bits per heavy atom. The molecule has 0 saturated carbocycles. The maximum Gasteiger partial charge on any atom is 0.0991 e. The van der Waals surface area contributed by atoms with E-state index in [1.807, 2.05) is 19.1 Å². The summed E-state index contributed by atoms with van der Waals surface area (Å²) >= 11 is 0. The second kappa shape index (κ2) is 5.50. The standard InChI is InChI=1S/C12H16N2O/c1-9(15)8-14-10(2)12-5-3-11(7-13)4-6-12/h3-6,9-10,14-15H,8H2,1-2H3/t9-,10-/m1/s1. The van der Waals surface area contributed by atoms with Crippen LogP contribution in [0.5, 0.6) is 0 Å². The van der Waals surface area contributed by atoms with Crippen LogP contribution < -0.4 is 5.32 Å². The lowest BCUT2D eigenvalue weighted by Gasteiger charge is -2.15. The highest BCUT2D eigenvalue weighted by Gasteiger charge is 2.05. The molecule has 3 nitrogen and oxygen atoms in total. The zero-order valence-corrected chi connectivity index (χ0v) is 9.07. The normalized spacial score (nSPS) is 14.3. The number of aliphatic hydroxyl groups excluding tert-OH is 1. The van der Waals surface area contributed by atoms with E-state index in [0.29, 0.717) is 12.1 Å². The minimum absolute atomic E-state index is 0.187. The molecule has 0 amide bonds. The quantitative estimate of drug-likeness (QED) is 0.783. The lowest BCUT2D eigenvalue weighted by molar-refractivity contribution is 0.187. The van der Waals surface area contributed by atoms with Crippen molar-refractivity contribution in [3.8, 4) is 6.07 Å². The number of aliphatic hydroxyl groups is 1. The highest BCUT2D eigenvalue weighted by Crippen LogP contribution is 2.12. The molecule has 0 saturated heterocycles. The van der Waals surface area contributed by atoms with E-state index in [2.05, 4.69) is 11.4 Å². The second-order valence-electron chi connectivity index (χ2n) is 3.71. The number of rotatable bonds is 4. The van der Waals surface area contributed by atoms with Crippen LogP contribution in [-0.4, -0.2) is 17.8 Å². The van der Waals surface area contributed by atoms with E-state index >= 15 is 0 Å². The summed E-state index contributed by atoms with van der Waals surface area (Å²) in [6, 6.07) is 9.73. The van der Waals surface area contributed by atoms with Gasteiger partial charge in [-0.15, -0.1) is 0 Å². The molecule has 0 aliphatic rings. The second-order valence-corrected chi connectivity index (χ2v) is 3.71. The maximum absolute atomic E-state index is 9.12. The molecule has 1 aromatic carbocycles. The van der Waals surface area contributed by atoms with E-state index in [9.17, 15) is 0 Å². The molecule has 0 heterocycles. The van der Waals surface area contributed by atoms with Crippen LogP contribution in [0.2, 0.25) is 0 Å². The predicted molar refractivity (Wildman–Crippen MR) is 59.3 cm³/mol. The number of benzene rings is 1. The summed E-state index contributed by atoms with van der Waals surface area (Å²) in [6.45, 7) is 4.35. The van der Waals surface area contributed by atoms with Gasteiger partial charge in [-0.1, -0.05) is 12.1 Å². The molecule has 0 aliphatic carbocycles. The third-order valence-electron chi connectivity index (χ3n) is 2.26. The first-order valence-corrected chi connectivity index (χ1v) is 5.05. The van der Waals surface area contributed by atoms with Gasteiger partial charge in [0.15, 0.2) is 0 Å². The lowest BCUT2D eigenvalue weighted by Crippen LogP contribution is -2.27. The van der Waals surface area contributed by atoms with Crippen molar-refractivity contribution in [1.82, 2.24) is 5.32 Å². The Labute approximate surface area is 90.4 Å². The van der Waals surface area contributed by atoms with Gasteiger partial charge < -0.3 is 10.4 Å². The van der Waals surface area contributed by atoms with Crippen molar-refractivity contribution in [2.45, 2.75) is 26.0 Å². The van der Waals surface area contributed by atoms with Gasteiger partial charge in [-0.3, -0.25) is 0 Å². The lowest BCUT2D eigenvalue weighted by atomic mass is 10.1. The Morgan fingerprint density at radius 1 is 1.33 bits per heavy atom. The number of nitrogens with one attached hydrogen (secondary N) is 1. The van der Waals surface area contributed by atoms with Crippen LogP contribution in [0.3, 0.4) is 0 Å². The highest BCUT2D eigenvalue weighted by atomic mass is 16.3. The number of nitrogens with zero attached hydrogens (tertiary/aromatic N) is 1. The average Bonchev–Trinajstić information content (AvgIpc) is 2.26. The summed E-state index contributed by atoms with van der Waals surface area (Å²) in [6.07, 6.45) is -0.342. The van der Waals surface area contributed by atoms with Crippen LogP contribution in [0.15, 0.2) is 24.3 Å². The summed E-state index contributed by atoms with van der Waals surface area (Å²) in [4.78, 5) is 0. The molecule has 3 heteroatoms. The van der Waals surface area contributed by atoms with Crippen molar-refractivity contribution in [1.29, 1.82) is 5.26 Å². The van der Waals surface area contributed by atoms with Crippen LogP contribution in [-0.2, 0) is 0 Å². The van der Waals surface area contributed by atoms with E-state index in [4.69, 9.17) is 10.4 Å². The van der Waals surface area contributed by atoms with Crippen LogP contribution in [0.25, 0.3) is 0 Å². The first-order valence-electron chi connectivity index (χ1n) is 5.05. The van der Waals surface area contributed by atoms with Crippen molar-refractivity contribution in [3.05, 3.63) is 35.4 Å². The van der Waals surface area contributed by atoms with Crippen molar-refractivity contribution in [2.75, 3.05) is 6.54 Å². The number of hydrogen-bond acceptors (Lipinski definition) is 3. The fourth-order valence-electron chi connectivity index (χ4n) is 1.31. The summed E-state index contributed by atoms with van der Waals surface area (Å²) in [7, 11) is 0. The Morgan fingerprint density at radius 2 is 1.93 bits per heavy atom. The molecule has 2 atom stereocenters. The molecular formula is C12H16N2O. The van der Waals surface area contributed by atoms with Gasteiger partial charge in [-0.25, -0.2) is 0 Å². The summed E-state index contributed by atoms with van der Waals surface area (Å²) in [5.41, 5.74) is 1.79. The highest BCUT2D eigenvalue weighted by molar-refractivity contribution is 5.32. The van der Waals surface area contributed by atoms with Crippen LogP contribution >= 0.6 is 0 Å². The van der Waals surface area contributed by atoms with Crippen molar-refractivity contribution >= 4 is 0 Å². The number of nitriles is 1. The molecule has 0 spiro atoms. The zero-order chi connectivity index (χ0) is 11.3. The summed E-state index contributed by atoms with van der Waals surface area (Å²) in [5.74, 6) is 0. The zero-order valence-electron chi connectivity index (χ0n) is 9.07. The molecule has 0 aliphatic heterocycles. The molecule has 15 heavy (non-hydrogen) atoms. The minimum Gasteiger partial charge on any atom is -0.392 e. The molecule has 0 fully saturated rings. The van der Waals surface area contributed by atoms with Crippen molar-refractivity contribution in [2.24, 2.45) is 0 Å². The van der Waals surface area contributed by atoms with Crippen LogP contribution in [0.1, 0.15) is 31.0 Å². The Hall–Kier alpha value is -1.37. The molecule has 0 radical (unpaired) electrons. The fourth-order valence-corrected chi connectivity index (χ4v) is 1.31. The maximum atomic E-state index is 9.12. The van der Waals surface area contributed by atoms with Gasteiger partial charge in [0.05, 0.1) is 17.7 Å². The first-order chi connectivity index (χ1) is 7.13. The molecule has 2 N–H and O–H groups in total. The first kappa shape index (κ1) is 11.7. The predicted octanol–water partition coefficient (Wildman–Crippen LogP) is 1.59. The molecule has 0 aromatic heterocycles. The minimum atomic E-state index is -0.342. The van der Waals surface area contributed by atoms with E-state index in [1.165, 1.54) is 0 Å². The molecular weight excluding hydrogens is 188 g/mol. The largest absolute Gasteiger partial charge is 0.392 e. The van der Waals surface area contributed by atoms with Crippen molar-refractivity contribution in [3.63, 3.8) is 0 Å². The van der Waals surface area contributed by atoms with Gasteiger partial charge in [0.2, 0.25) is 0 Å². The Kier molecular flexibility index (Phi) is 4.29. The smallest absolute Gasteiger partial charge is 0.0991 e. The average molecular weight is 204 g/mol. The van der Waals surface area contributed by atoms with Crippen molar-refractivity contribution < 1.29 is 5.11 Å². The van der Waals surface area contributed by atoms with Gasteiger partial charge in [-0.05, 0) is 31.5 Å². The molecule has 80 valence electrons. The molecule has 1 rings (SSSR count). The van der Waals surface area contributed by atoms with Gasteiger partial charge in [0, 0.05) is 12.6 Å². The van der Waals surface area contributed by atoms with E-state index in [1.54, 1.807) is 19.1 Å². The SMILES string of the molecule is C[C@@H](O)CN[C@H](C)c1ccc(C#N)cc1. The third kappa shape index (κ3) is 3.70. The third-order valence-corrected chi connectivity index (χ3v) is 2.26. The molecule has 1 aromatic rings. The Bertz CT molecular complexity index is 338. The monoisotopic (exact) mass is 204 g/mol. The van der Waals surface area contributed by atoms with E-state index in [0.717, 1.165) is 5.56 Å². The van der Waals surface area contributed by atoms with E-state index in [-0.39, 0.29) is 12.1 Å². The van der Waals surface area contributed by atoms with E-state index < -0.39 is 0 Å². The van der Waals surface area contributed by atoms with Crippen LogP contribution in [0.4, 0.5) is 0 Å². The Balaban J connectivity index is 2.58. The van der Waals surface area contributed by atoms with Gasteiger partial charge in [0.1, 0.15) is 0 Å². The van der Waals surface area contributed by atoms with Crippen LogP contribution in [0, 0.1) is 11.3 Å². The fraction of sp³-hybridized carbons (Fsp3) is 0.417. The topological polar surface area (TPSA) is 56.0 Å². The van der Waals surface area contributed by atoms with Gasteiger partial charge in [-0.2, -0.15) is 5.26 Å². The van der Waals surface area contributed by atoms with Gasteiger partial charge in [0.25, 0.3) is 0 Å². The summed E-state index contributed by atoms with van der Waals surface area (Å²) in [5, 5.41) is 21.0. The molecule has 0 unspecified atom stereocenters. The number of hydrogen-bond donors (Lipinski definition) is 2. The van der Waals surface area contributed by atoms with Gasteiger partial charge >= 0.3 is 0 Å².